The molecule has 0 aliphatic rings. The Balaban J connectivity index is 2.47. The van der Waals surface area contributed by atoms with Gasteiger partial charge in [-0.25, -0.2) is 4.98 Å². The van der Waals surface area contributed by atoms with Gasteiger partial charge in [0.05, 0.1) is 5.69 Å². The second kappa shape index (κ2) is 8.24. The van der Waals surface area contributed by atoms with Crippen molar-refractivity contribution in [1.29, 1.82) is 5.26 Å². The molecule has 0 bridgehead atoms. The Morgan fingerprint density at radius 3 is 3.05 bits per heavy atom. The molecule has 1 amide bonds. The third-order valence-electron chi connectivity index (χ3n) is 2.13. The Labute approximate surface area is 116 Å². The summed E-state index contributed by atoms with van der Waals surface area (Å²) in [5.74, 6) is -0.403. The summed E-state index contributed by atoms with van der Waals surface area (Å²) in [6.07, 6.45) is 2.07. The van der Waals surface area contributed by atoms with Crippen molar-refractivity contribution in [3.8, 4) is 6.07 Å². The highest BCUT2D eigenvalue weighted by Gasteiger charge is 2.08. The zero-order valence-electron chi connectivity index (χ0n) is 10.9. The van der Waals surface area contributed by atoms with Crippen LogP contribution in [0.25, 0.3) is 0 Å². The summed E-state index contributed by atoms with van der Waals surface area (Å²) in [5.41, 5.74) is 0.911. The summed E-state index contributed by atoms with van der Waals surface area (Å²) in [4.78, 5) is 15.8. The van der Waals surface area contributed by atoms with E-state index in [4.69, 9.17) is 10.00 Å². The second-order valence-corrected chi connectivity index (χ2v) is 4.57. The summed E-state index contributed by atoms with van der Waals surface area (Å²) in [7, 11) is 1.60. The maximum Gasteiger partial charge on any atom is 0.263 e. The first kappa shape index (κ1) is 15.1. The zero-order chi connectivity index (χ0) is 14.1. The number of nitriles is 1. The van der Waals surface area contributed by atoms with E-state index in [0.717, 1.165) is 5.69 Å². The number of rotatable bonds is 7. The van der Waals surface area contributed by atoms with Gasteiger partial charge in [-0.3, -0.25) is 4.79 Å². The molecule has 0 unspecified atom stereocenters. The molecule has 6 nitrogen and oxygen atoms in total. The average molecular weight is 280 g/mol. The van der Waals surface area contributed by atoms with E-state index in [-0.39, 0.29) is 5.57 Å². The van der Waals surface area contributed by atoms with E-state index in [0.29, 0.717) is 24.7 Å². The van der Waals surface area contributed by atoms with Gasteiger partial charge in [0.1, 0.15) is 11.6 Å². The Morgan fingerprint density at radius 2 is 2.47 bits per heavy atom. The zero-order valence-corrected chi connectivity index (χ0v) is 11.7. The standard InChI is InChI=1S/C12H16N4O2S/c1-9-8-19-12(16-9)15-7-10(6-13)11(17)14-4-3-5-18-2/h7-8H,3-5H2,1-2H3,(H,14,17)(H,15,16)/b10-7-. The number of aryl methyl sites for hydroxylation is 1. The molecule has 1 rings (SSSR count). The molecular weight excluding hydrogens is 264 g/mol. The smallest absolute Gasteiger partial charge is 0.263 e. The molecule has 0 radical (unpaired) electrons. The van der Waals surface area contributed by atoms with Crippen LogP contribution in [0.3, 0.4) is 0 Å². The first-order valence-electron chi connectivity index (χ1n) is 5.73. The van der Waals surface area contributed by atoms with Crippen LogP contribution in [0.15, 0.2) is 17.2 Å². The molecule has 7 heteroatoms. The van der Waals surface area contributed by atoms with Crippen LogP contribution in [-0.2, 0) is 9.53 Å². The number of thiazole rings is 1. The molecule has 102 valence electrons. The fourth-order valence-electron chi connectivity index (χ4n) is 1.22. The molecule has 0 saturated heterocycles. The van der Waals surface area contributed by atoms with E-state index in [9.17, 15) is 4.79 Å². The van der Waals surface area contributed by atoms with Gasteiger partial charge in [-0.15, -0.1) is 11.3 Å². The van der Waals surface area contributed by atoms with Crippen molar-refractivity contribution in [1.82, 2.24) is 10.3 Å². The van der Waals surface area contributed by atoms with Gasteiger partial charge >= 0.3 is 0 Å². The number of amides is 1. The van der Waals surface area contributed by atoms with Gasteiger partial charge in [0.25, 0.3) is 5.91 Å². The van der Waals surface area contributed by atoms with Crippen molar-refractivity contribution in [2.45, 2.75) is 13.3 Å². The van der Waals surface area contributed by atoms with Crippen molar-refractivity contribution in [3.05, 3.63) is 22.8 Å². The number of nitrogens with zero attached hydrogens (tertiary/aromatic N) is 2. The Hall–Kier alpha value is -1.91. The number of carbonyl (C=O) groups excluding carboxylic acids is 1. The quantitative estimate of drug-likeness (QED) is 0.448. The van der Waals surface area contributed by atoms with Gasteiger partial charge in [-0.2, -0.15) is 5.26 Å². The molecule has 0 atom stereocenters. The molecular formula is C12H16N4O2S. The summed E-state index contributed by atoms with van der Waals surface area (Å²) in [6.45, 7) is 2.92. The fourth-order valence-corrected chi connectivity index (χ4v) is 1.87. The van der Waals surface area contributed by atoms with Crippen molar-refractivity contribution in [3.63, 3.8) is 0 Å². The Kier molecular flexibility index (Phi) is 6.57. The SMILES string of the molecule is COCCCNC(=O)/C(C#N)=C\Nc1nc(C)cs1. The van der Waals surface area contributed by atoms with Crippen molar-refractivity contribution >= 4 is 22.4 Å². The van der Waals surface area contributed by atoms with Crippen LogP contribution in [0, 0.1) is 18.3 Å². The largest absolute Gasteiger partial charge is 0.385 e. The van der Waals surface area contributed by atoms with Crippen LogP contribution in [0.2, 0.25) is 0 Å². The molecule has 0 aromatic carbocycles. The van der Waals surface area contributed by atoms with Crippen LogP contribution < -0.4 is 10.6 Å². The number of ether oxygens (including phenoxy) is 1. The lowest BCUT2D eigenvalue weighted by atomic mass is 10.3. The second-order valence-electron chi connectivity index (χ2n) is 3.71. The number of hydrogen-bond acceptors (Lipinski definition) is 6. The predicted octanol–water partition coefficient (Wildman–Crippen LogP) is 1.42. The maximum atomic E-state index is 11.7. The third kappa shape index (κ3) is 5.50. The molecule has 0 saturated carbocycles. The molecule has 19 heavy (non-hydrogen) atoms. The lowest BCUT2D eigenvalue weighted by molar-refractivity contribution is -0.117. The summed E-state index contributed by atoms with van der Waals surface area (Å²) >= 11 is 1.41. The highest BCUT2D eigenvalue weighted by Crippen LogP contribution is 2.14. The summed E-state index contributed by atoms with van der Waals surface area (Å²) < 4.78 is 4.87. The number of anilines is 1. The van der Waals surface area contributed by atoms with Gasteiger partial charge in [0.2, 0.25) is 0 Å². The summed E-state index contributed by atoms with van der Waals surface area (Å²) in [5, 5.41) is 16.9. The third-order valence-corrected chi connectivity index (χ3v) is 3.03. The number of methoxy groups -OCH3 is 1. The molecule has 0 spiro atoms. The highest BCUT2D eigenvalue weighted by molar-refractivity contribution is 7.13. The average Bonchev–Trinajstić information content (AvgIpc) is 2.81. The van der Waals surface area contributed by atoms with E-state index < -0.39 is 5.91 Å². The van der Waals surface area contributed by atoms with Gasteiger partial charge in [-0.05, 0) is 13.3 Å². The van der Waals surface area contributed by atoms with Crippen LogP contribution in [-0.4, -0.2) is 31.2 Å². The van der Waals surface area contributed by atoms with E-state index >= 15 is 0 Å². The minimum Gasteiger partial charge on any atom is -0.385 e. The maximum absolute atomic E-state index is 11.7. The van der Waals surface area contributed by atoms with Crippen molar-refractivity contribution < 1.29 is 9.53 Å². The predicted molar refractivity (Wildman–Crippen MR) is 73.7 cm³/mol. The topological polar surface area (TPSA) is 87.0 Å². The van der Waals surface area contributed by atoms with Crippen molar-refractivity contribution in [2.24, 2.45) is 0 Å². The first-order valence-corrected chi connectivity index (χ1v) is 6.61. The van der Waals surface area contributed by atoms with Crippen LogP contribution in [0.5, 0.6) is 0 Å². The van der Waals surface area contributed by atoms with Gasteiger partial charge < -0.3 is 15.4 Å². The minimum atomic E-state index is -0.403. The highest BCUT2D eigenvalue weighted by atomic mass is 32.1. The van der Waals surface area contributed by atoms with Crippen LogP contribution >= 0.6 is 11.3 Å². The molecule has 0 aliphatic carbocycles. The number of aromatic nitrogens is 1. The van der Waals surface area contributed by atoms with Crippen LogP contribution in [0.1, 0.15) is 12.1 Å². The molecule has 1 heterocycles. The molecule has 1 aromatic heterocycles. The van der Waals surface area contributed by atoms with E-state index in [2.05, 4.69) is 15.6 Å². The Bertz CT molecular complexity index is 490. The lowest BCUT2D eigenvalue weighted by Crippen LogP contribution is -2.26. The van der Waals surface area contributed by atoms with Gasteiger partial charge in [0.15, 0.2) is 5.13 Å². The lowest BCUT2D eigenvalue weighted by Gasteiger charge is -2.03. The van der Waals surface area contributed by atoms with E-state index in [1.807, 2.05) is 18.4 Å². The number of carbonyl (C=O) groups is 1. The summed E-state index contributed by atoms with van der Waals surface area (Å²) in [6, 6.07) is 1.85. The van der Waals surface area contributed by atoms with E-state index in [1.165, 1.54) is 17.5 Å². The molecule has 0 aliphatic heterocycles. The molecule has 2 N–H and O–H groups in total. The monoisotopic (exact) mass is 280 g/mol. The molecule has 0 fully saturated rings. The number of nitrogens with one attached hydrogen (secondary N) is 2. The van der Waals surface area contributed by atoms with Gasteiger partial charge in [0, 0.05) is 31.8 Å². The van der Waals surface area contributed by atoms with Gasteiger partial charge in [-0.1, -0.05) is 0 Å². The van der Waals surface area contributed by atoms with E-state index in [1.54, 1.807) is 7.11 Å². The fraction of sp³-hybridized carbons (Fsp3) is 0.417. The normalized spacial score (nSPS) is 10.9. The Morgan fingerprint density at radius 1 is 1.68 bits per heavy atom. The number of hydrogen-bond donors (Lipinski definition) is 2. The van der Waals surface area contributed by atoms with Crippen molar-refractivity contribution in [2.75, 3.05) is 25.6 Å². The first-order chi connectivity index (χ1) is 9.17. The minimum absolute atomic E-state index is 0.0188. The molecule has 1 aromatic rings. The van der Waals surface area contributed by atoms with Crippen LogP contribution in [0.4, 0.5) is 5.13 Å².